The first-order valence-corrected chi connectivity index (χ1v) is 15.3. The zero-order valence-electron chi connectivity index (χ0n) is 24.7. The molecule has 0 spiro atoms. The van der Waals surface area contributed by atoms with E-state index >= 15 is 0 Å². The third kappa shape index (κ3) is 6.28. The van der Waals surface area contributed by atoms with E-state index in [4.69, 9.17) is 0 Å². The molecular formula is C36H42N2OS. The molecule has 40 heavy (non-hydrogen) atoms. The number of Topliss-reactive ketones (excluding diaryl/α,β-unsaturated/α-hetero) is 1. The van der Waals surface area contributed by atoms with Gasteiger partial charge in [0.15, 0.2) is 5.78 Å². The van der Waals surface area contributed by atoms with Gasteiger partial charge >= 0.3 is 0 Å². The predicted molar refractivity (Wildman–Crippen MR) is 175 cm³/mol. The second-order valence-corrected chi connectivity index (χ2v) is 11.5. The number of hydrogen-bond donors (Lipinski definition) is 0. The van der Waals surface area contributed by atoms with E-state index in [2.05, 4.69) is 86.5 Å². The number of rotatable bonds is 7. The van der Waals surface area contributed by atoms with Crippen molar-refractivity contribution in [3.8, 4) is 11.1 Å². The van der Waals surface area contributed by atoms with Gasteiger partial charge < -0.3 is 4.90 Å². The quantitative estimate of drug-likeness (QED) is 0.149. The van der Waals surface area contributed by atoms with E-state index in [0.29, 0.717) is 0 Å². The fourth-order valence-corrected chi connectivity index (χ4v) is 6.29. The van der Waals surface area contributed by atoms with Crippen molar-refractivity contribution >= 4 is 38.8 Å². The number of benzene rings is 3. The number of hydrogen-bond acceptors (Lipinski definition) is 4. The summed E-state index contributed by atoms with van der Waals surface area (Å²) in [4.78, 5) is 13.8. The summed E-state index contributed by atoms with van der Waals surface area (Å²) in [5.74, 6) is 2.98. The molecule has 0 radical (unpaired) electrons. The molecule has 2 aliphatic carbocycles. The van der Waals surface area contributed by atoms with Gasteiger partial charge in [-0.1, -0.05) is 95.0 Å². The molecule has 1 unspecified atom stereocenters. The third-order valence-corrected chi connectivity index (χ3v) is 8.75. The lowest BCUT2D eigenvalue weighted by atomic mass is 10.0. The molecule has 0 saturated heterocycles. The summed E-state index contributed by atoms with van der Waals surface area (Å²) in [6, 6.07) is 22.6. The Hall–Kier alpha value is -3.50. The second-order valence-electron chi connectivity index (χ2n) is 10.7. The fraction of sp³-hybridized carbons (Fsp3) is 0.333. The summed E-state index contributed by atoms with van der Waals surface area (Å²) in [7, 11) is 0. The lowest BCUT2D eigenvalue weighted by molar-refractivity contribution is 0.101. The van der Waals surface area contributed by atoms with E-state index in [0.717, 1.165) is 41.6 Å². The topological polar surface area (TPSA) is 33.2 Å². The molecule has 0 aliphatic heterocycles. The molecule has 0 amide bonds. The van der Waals surface area contributed by atoms with Crippen molar-refractivity contribution in [2.45, 2.75) is 53.9 Å². The van der Waals surface area contributed by atoms with Crippen molar-refractivity contribution in [3.05, 3.63) is 102 Å². The molecule has 1 aromatic heterocycles. The molecule has 1 fully saturated rings. The summed E-state index contributed by atoms with van der Waals surface area (Å²) < 4.78 is 5.89. The van der Waals surface area contributed by atoms with E-state index in [9.17, 15) is 4.79 Å². The maximum atomic E-state index is 11.4. The Kier molecular flexibility index (Phi) is 9.76. The number of aromatic nitrogens is 1. The van der Waals surface area contributed by atoms with Gasteiger partial charge in [-0.15, -0.1) is 0 Å². The highest BCUT2D eigenvalue weighted by atomic mass is 32.1. The minimum absolute atomic E-state index is 0.0940. The van der Waals surface area contributed by atoms with Gasteiger partial charge in [-0.2, -0.15) is 4.37 Å². The molecule has 1 heterocycles. The average Bonchev–Trinajstić information content (AvgIpc) is 3.27. The van der Waals surface area contributed by atoms with Crippen LogP contribution in [0.3, 0.4) is 0 Å². The monoisotopic (exact) mass is 550 g/mol. The van der Waals surface area contributed by atoms with Crippen LogP contribution in [0.5, 0.6) is 0 Å². The van der Waals surface area contributed by atoms with Gasteiger partial charge in [-0.05, 0) is 95.6 Å². The molecule has 3 nitrogen and oxygen atoms in total. The molecule has 6 rings (SSSR count). The summed E-state index contributed by atoms with van der Waals surface area (Å²) in [5, 5.41) is 1.30. The predicted octanol–water partition coefficient (Wildman–Crippen LogP) is 10.1. The maximum absolute atomic E-state index is 11.4. The Morgan fingerprint density at radius 2 is 1.48 bits per heavy atom. The Morgan fingerprint density at radius 1 is 0.875 bits per heavy atom. The number of fused-ring (bicyclic) bond motifs is 4. The summed E-state index contributed by atoms with van der Waals surface area (Å²) >= 11 is 1.60. The number of anilines is 1. The van der Waals surface area contributed by atoms with Gasteiger partial charge in [-0.25, -0.2) is 0 Å². The van der Waals surface area contributed by atoms with Crippen LogP contribution in [0.15, 0.2) is 85.5 Å². The first kappa shape index (κ1) is 29.5. The zero-order chi connectivity index (χ0) is 28.8. The minimum atomic E-state index is 0.0940. The molecule has 0 bridgehead atoms. The van der Waals surface area contributed by atoms with Crippen LogP contribution < -0.4 is 4.90 Å². The standard InChI is InChI=1S/C16H12O.C13H18N2S.C7H12/c1-10-13-5-3-4-6-14(13)15-8-7-12(11(2)17)9-16(10)15;1-3-9-15(10-4-2)13-11-7-5-6-8-12(11)16-14-13;1-4-7-5(2)6(7)3/h3-9H,1H2,2H3;5-8H,3-4,9-10H2,1-2H3;6-7H,2,4H2,1,3H3/t;;6?,7-/m..0/s1. The van der Waals surface area contributed by atoms with Crippen molar-refractivity contribution in [1.82, 2.24) is 4.37 Å². The smallest absolute Gasteiger partial charge is 0.159 e. The molecule has 4 aromatic rings. The summed E-state index contributed by atoms with van der Waals surface area (Å²) in [5.41, 5.74) is 7.86. The van der Waals surface area contributed by atoms with E-state index in [1.54, 1.807) is 18.5 Å². The Morgan fingerprint density at radius 3 is 2.05 bits per heavy atom. The van der Waals surface area contributed by atoms with Gasteiger partial charge in [-0.3, -0.25) is 4.79 Å². The highest BCUT2D eigenvalue weighted by Gasteiger charge is 2.35. The van der Waals surface area contributed by atoms with Crippen LogP contribution in [-0.4, -0.2) is 23.2 Å². The fourth-order valence-electron chi connectivity index (χ4n) is 5.50. The van der Waals surface area contributed by atoms with Crippen molar-refractivity contribution in [2.75, 3.05) is 18.0 Å². The highest BCUT2D eigenvalue weighted by Crippen LogP contribution is 2.45. The van der Waals surface area contributed by atoms with E-state index < -0.39 is 0 Å². The van der Waals surface area contributed by atoms with E-state index in [1.807, 2.05) is 30.3 Å². The molecule has 2 aliphatic rings. The summed E-state index contributed by atoms with van der Waals surface area (Å²) in [6.45, 7) is 20.7. The Balaban J connectivity index is 0.000000150. The van der Waals surface area contributed by atoms with Crippen molar-refractivity contribution < 1.29 is 4.79 Å². The largest absolute Gasteiger partial charge is 0.355 e. The molecule has 4 heteroatoms. The van der Waals surface area contributed by atoms with Gasteiger partial charge in [0, 0.05) is 24.0 Å². The number of nitrogens with zero attached hydrogens (tertiary/aromatic N) is 2. The average molecular weight is 551 g/mol. The SMILES string of the molecule is C=C1C(C)[C@H]1CC.C=C1c2ccccc2-c2ccc(C(C)=O)cc21.CCCN(CCC)c1nsc2ccccc12. The number of ketones is 1. The Labute approximate surface area is 244 Å². The van der Waals surface area contributed by atoms with Crippen molar-refractivity contribution in [2.24, 2.45) is 11.8 Å². The van der Waals surface area contributed by atoms with Gasteiger partial charge in [0.1, 0.15) is 5.82 Å². The Bertz CT molecular complexity index is 1510. The molecule has 3 aromatic carbocycles. The van der Waals surface area contributed by atoms with Gasteiger partial charge in [0.2, 0.25) is 0 Å². The number of allylic oxidation sites excluding steroid dienone is 1. The lowest BCUT2D eigenvalue weighted by Gasteiger charge is -2.21. The second kappa shape index (κ2) is 13.2. The molecule has 1 saturated carbocycles. The van der Waals surface area contributed by atoms with Crippen LogP contribution in [0, 0.1) is 11.8 Å². The van der Waals surface area contributed by atoms with Crippen LogP contribution in [0.1, 0.15) is 75.4 Å². The van der Waals surface area contributed by atoms with Crippen molar-refractivity contribution in [3.63, 3.8) is 0 Å². The molecule has 0 N–H and O–H groups in total. The number of carbonyl (C=O) groups is 1. The van der Waals surface area contributed by atoms with Crippen LogP contribution in [-0.2, 0) is 0 Å². The van der Waals surface area contributed by atoms with Crippen LogP contribution in [0.25, 0.3) is 26.8 Å². The van der Waals surface area contributed by atoms with E-state index in [1.165, 1.54) is 57.4 Å². The summed E-state index contributed by atoms with van der Waals surface area (Å²) in [6.07, 6.45) is 3.64. The maximum Gasteiger partial charge on any atom is 0.159 e. The minimum Gasteiger partial charge on any atom is -0.355 e. The van der Waals surface area contributed by atoms with Gasteiger partial charge in [0.25, 0.3) is 0 Å². The number of carbonyl (C=O) groups excluding carboxylic acids is 1. The first-order valence-electron chi connectivity index (χ1n) is 14.5. The zero-order valence-corrected chi connectivity index (χ0v) is 25.5. The van der Waals surface area contributed by atoms with Crippen molar-refractivity contribution in [1.29, 1.82) is 0 Å². The van der Waals surface area contributed by atoms with Crippen LogP contribution in [0.4, 0.5) is 5.82 Å². The van der Waals surface area contributed by atoms with Crippen LogP contribution in [0.2, 0.25) is 0 Å². The van der Waals surface area contributed by atoms with Crippen LogP contribution >= 0.6 is 11.5 Å². The molecule has 2 atom stereocenters. The van der Waals surface area contributed by atoms with Gasteiger partial charge in [0.05, 0.1) is 4.70 Å². The first-order chi connectivity index (χ1) is 19.3. The third-order valence-electron chi connectivity index (χ3n) is 7.93. The lowest BCUT2D eigenvalue weighted by Crippen LogP contribution is -2.25. The van der Waals surface area contributed by atoms with E-state index in [-0.39, 0.29) is 5.78 Å². The molecule has 208 valence electrons. The normalized spacial score (nSPS) is 16.3. The molecular weight excluding hydrogens is 508 g/mol. The highest BCUT2D eigenvalue weighted by molar-refractivity contribution is 7.13.